The summed E-state index contributed by atoms with van der Waals surface area (Å²) in [5.41, 5.74) is 5.14. The van der Waals surface area contributed by atoms with Crippen LogP contribution in [0.2, 0.25) is 0 Å². The van der Waals surface area contributed by atoms with Crippen molar-refractivity contribution < 1.29 is 24.2 Å². The molecule has 3 aromatic carbocycles. The molecule has 0 unspecified atom stereocenters. The van der Waals surface area contributed by atoms with Gasteiger partial charge in [-0.1, -0.05) is 95.0 Å². The minimum Gasteiger partial charge on any atom is -0.494 e. The molecule has 2 amide bonds. The molecule has 2 N–H and O–H groups in total. The van der Waals surface area contributed by atoms with E-state index in [1.807, 2.05) is 60.7 Å². The Morgan fingerprint density at radius 3 is 2.08 bits per heavy atom. The van der Waals surface area contributed by atoms with Gasteiger partial charge in [-0.15, -0.1) is 0 Å². The summed E-state index contributed by atoms with van der Waals surface area (Å²) in [4.78, 5) is 48.7. The second-order valence-electron chi connectivity index (χ2n) is 13.1. The number of nitrogens with zero attached hydrogens (tertiary/aromatic N) is 3. The highest BCUT2D eigenvalue weighted by molar-refractivity contribution is 5.98. The third-order valence-corrected chi connectivity index (χ3v) is 8.99. The number of unbranched alkanes of at least 4 members (excludes halogenated alkanes) is 4. The number of hydrogen-bond acceptors (Lipinski definition) is 6. The highest BCUT2D eigenvalue weighted by Gasteiger charge is 2.38. The first kappa shape index (κ1) is 35.3. The van der Waals surface area contributed by atoms with Crippen LogP contribution in [0.15, 0.2) is 85.2 Å². The lowest BCUT2D eigenvalue weighted by Crippen LogP contribution is -2.59. The summed E-state index contributed by atoms with van der Waals surface area (Å²) in [6.07, 6.45) is 9.88. The molecule has 49 heavy (non-hydrogen) atoms. The van der Waals surface area contributed by atoms with Crippen LogP contribution in [0.25, 0.3) is 22.5 Å². The van der Waals surface area contributed by atoms with Crippen molar-refractivity contribution in [2.45, 2.75) is 71.3 Å². The van der Waals surface area contributed by atoms with Crippen molar-refractivity contribution in [3.8, 4) is 28.3 Å². The van der Waals surface area contributed by atoms with Gasteiger partial charge in [0.25, 0.3) is 5.91 Å². The molecule has 9 nitrogen and oxygen atoms in total. The number of carboxylic acids is 1. The topological polar surface area (TPSA) is 122 Å². The van der Waals surface area contributed by atoms with Crippen molar-refractivity contribution in [3.05, 3.63) is 102 Å². The number of ether oxygens (including phenoxy) is 1. The number of aromatic nitrogens is 2. The number of benzene rings is 3. The summed E-state index contributed by atoms with van der Waals surface area (Å²) in [5.74, 6) is -0.397. The molecule has 1 aliphatic rings. The minimum absolute atomic E-state index is 0.132. The first-order chi connectivity index (χ1) is 23.7. The smallest absolute Gasteiger partial charge is 0.310 e. The molecular weight excluding hydrogens is 616 g/mol. The van der Waals surface area contributed by atoms with Crippen LogP contribution in [0, 0.1) is 5.92 Å². The number of carboxylic acid groups (broad SMARTS) is 1. The lowest BCUT2D eigenvalue weighted by molar-refractivity contribution is -0.153. The van der Waals surface area contributed by atoms with Crippen molar-refractivity contribution in [2.75, 3.05) is 19.7 Å². The fraction of sp³-hybridized carbons (Fsp3) is 0.375. The molecule has 0 bridgehead atoms. The Labute approximate surface area is 288 Å². The lowest BCUT2D eigenvalue weighted by atomic mass is 9.96. The molecule has 256 valence electrons. The first-order valence-electron chi connectivity index (χ1n) is 17.3. The van der Waals surface area contributed by atoms with Crippen LogP contribution in [-0.2, 0) is 16.0 Å². The zero-order chi connectivity index (χ0) is 34.8. The molecule has 0 saturated carbocycles. The first-order valence-corrected chi connectivity index (χ1v) is 17.3. The van der Waals surface area contributed by atoms with Crippen molar-refractivity contribution in [3.63, 3.8) is 0 Å². The van der Waals surface area contributed by atoms with E-state index in [1.54, 1.807) is 24.5 Å². The predicted octanol–water partition coefficient (Wildman–Crippen LogP) is 7.17. The van der Waals surface area contributed by atoms with E-state index in [2.05, 4.69) is 36.1 Å². The van der Waals surface area contributed by atoms with E-state index >= 15 is 0 Å². The van der Waals surface area contributed by atoms with Crippen LogP contribution < -0.4 is 10.1 Å². The molecule has 0 aliphatic carbocycles. The Morgan fingerprint density at radius 1 is 0.837 bits per heavy atom. The van der Waals surface area contributed by atoms with Gasteiger partial charge >= 0.3 is 5.97 Å². The average Bonchev–Trinajstić information content (AvgIpc) is 3.09. The van der Waals surface area contributed by atoms with Gasteiger partial charge in [-0.3, -0.25) is 14.4 Å². The molecule has 1 fully saturated rings. The maximum absolute atomic E-state index is 13.4. The van der Waals surface area contributed by atoms with Crippen LogP contribution in [-0.4, -0.2) is 63.5 Å². The van der Waals surface area contributed by atoms with Gasteiger partial charge in [0.2, 0.25) is 5.91 Å². The Morgan fingerprint density at radius 2 is 1.47 bits per heavy atom. The second kappa shape index (κ2) is 16.9. The van der Waals surface area contributed by atoms with E-state index in [0.29, 0.717) is 17.3 Å². The van der Waals surface area contributed by atoms with E-state index in [4.69, 9.17) is 4.74 Å². The molecule has 5 rings (SSSR count). The third-order valence-electron chi connectivity index (χ3n) is 8.99. The molecule has 4 aromatic rings. The summed E-state index contributed by atoms with van der Waals surface area (Å²) in [5, 5.41) is 12.2. The molecule has 2 heterocycles. The van der Waals surface area contributed by atoms with Gasteiger partial charge in [0, 0.05) is 48.6 Å². The average molecular weight is 663 g/mol. The van der Waals surface area contributed by atoms with Crippen molar-refractivity contribution in [2.24, 2.45) is 5.92 Å². The fourth-order valence-corrected chi connectivity index (χ4v) is 5.79. The molecule has 1 aromatic heterocycles. The molecular formula is C40H46N4O5. The number of rotatable bonds is 16. The molecule has 0 spiro atoms. The Hall–Kier alpha value is -5.05. The molecule has 1 aliphatic heterocycles. The zero-order valence-electron chi connectivity index (χ0n) is 28.6. The van der Waals surface area contributed by atoms with Crippen molar-refractivity contribution in [1.82, 2.24) is 20.2 Å². The third kappa shape index (κ3) is 9.53. The van der Waals surface area contributed by atoms with Crippen LogP contribution in [0.3, 0.4) is 0 Å². The van der Waals surface area contributed by atoms with Gasteiger partial charge in [0.15, 0.2) is 5.82 Å². The fourth-order valence-electron chi connectivity index (χ4n) is 5.79. The van der Waals surface area contributed by atoms with E-state index in [0.717, 1.165) is 46.6 Å². The largest absolute Gasteiger partial charge is 0.494 e. The molecule has 9 heteroatoms. The lowest BCUT2D eigenvalue weighted by Gasteiger charge is -2.39. The Kier molecular flexibility index (Phi) is 12.1. The van der Waals surface area contributed by atoms with Crippen LogP contribution >= 0.6 is 0 Å². The van der Waals surface area contributed by atoms with Gasteiger partial charge in [0.1, 0.15) is 11.8 Å². The minimum atomic E-state index is -0.924. The molecule has 1 saturated heterocycles. The second-order valence-corrected chi connectivity index (χ2v) is 13.1. The van der Waals surface area contributed by atoms with E-state index in [1.165, 1.54) is 30.6 Å². The quantitative estimate of drug-likeness (QED) is 0.122. The number of likely N-dealkylation sites (tertiary alicyclic amines) is 1. The Balaban J connectivity index is 1.21. The van der Waals surface area contributed by atoms with Gasteiger partial charge in [-0.2, -0.15) is 0 Å². The van der Waals surface area contributed by atoms with Gasteiger partial charge in [-0.25, -0.2) is 9.97 Å². The van der Waals surface area contributed by atoms with E-state index < -0.39 is 17.9 Å². The number of carbonyl (C=O) groups is 3. The predicted molar refractivity (Wildman–Crippen MR) is 190 cm³/mol. The number of amides is 2. The van der Waals surface area contributed by atoms with Crippen LogP contribution in [0.1, 0.15) is 80.3 Å². The summed E-state index contributed by atoms with van der Waals surface area (Å²) in [6, 6.07) is 22.1. The van der Waals surface area contributed by atoms with Crippen molar-refractivity contribution >= 4 is 17.8 Å². The summed E-state index contributed by atoms with van der Waals surface area (Å²) in [7, 11) is 0. The molecule has 0 radical (unpaired) electrons. The SMILES string of the molecule is CCCCCCCOc1ccc(-c2cnc(-c3ccc(C[C@H](NC(=O)c4ccc(C(C)C)cc4)C(=O)N4CC(C(=O)O)C4)cc3)nc2)cc1. The number of hydrogen-bond donors (Lipinski definition) is 2. The maximum atomic E-state index is 13.4. The van der Waals surface area contributed by atoms with Crippen molar-refractivity contribution in [1.29, 1.82) is 0 Å². The van der Waals surface area contributed by atoms with Gasteiger partial charge < -0.3 is 20.1 Å². The van der Waals surface area contributed by atoms with E-state index in [9.17, 15) is 19.5 Å². The van der Waals surface area contributed by atoms with Crippen LogP contribution in [0.5, 0.6) is 5.75 Å². The van der Waals surface area contributed by atoms with Gasteiger partial charge in [0.05, 0.1) is 12.5 Å². The monoisotopic (exact) mass is 662 g/mol. The molecule has 1 atom stereocenters. The van der Waals surface area contributed by atoms with Gasteiger partial charge in [-0.05, 0) is 53.3 Å². The summed E-state index contributed by atoms with van der Waals surface area (Å²) >= 11 is 0. The number of nitrogens with one attached hydrogen (secondary N) is 1. The zero-order valence-corrected chi connectivity index (χ0v) is 28.6. The number of aliphatic carboxylic acids is 1. The summed E-state index contributed by atoms with van der Waals surface area (Å²) < 4.78 is 5.89. The maximum Gasteiger partial charge on any atom is 0.310 e. The normalized spacial score (nSPS) is 13.5. The Bertz CT molecular complexity index is 1680. The highest BCUT2D eigenvalue weighted by Crippen LogP contribution is 2.24. The standard InChI is InChI=1S/C40H46N4O5/c1-4-5-6-7-8-21-49-35-19-17-30(18-20-35)33-23-41-37(42-24-33)31-11-9-28(10-12-31)22-36(39(46)44-25-34(26-44)40(47)48)43-38(45)32-15-13-29(14-16-32)27(2)3/h9-20,23-24,27,34,36H,4-8,21-22,25-26H2,1-3H3,(H,43,45)(H,47,48)/t36-/m0/s1. The summed E-state index contributed by atoms with van der Waals surface area (Å²) in [6.45, 7) is 7.37. The highest BCUT2D eigenvalue weighted by atomic mass is 16.5. The number of carbonyl (C=O) groups excluding carboxylic acids is 2. The van der Waals surface area contributed by atoms with E-state index in [-0.39, 0.29) is 31.3 Å². The van der Waals surface area contributed by atoms with Crippen LogP contribution in [0.4, 0.5) is 0 Å².